The number of carbonyl (C=O) groups excluding carboxylic acids is 1. The number of fused-ring (bicyclic) bond motifs is 1. The van der Waals surface area contributed by atoms with E-state index in [1.165, 1.54) is 20.9 Å². The van der Waals surface area contributed by atoms with Crippen molar-refractivity contribution < 1.29 is 9.18 Å². The maximum absolute atomic E-state index is 14.5. The van der Waals surface area contributed by atoms with Crippen molar-refractivity contribution >= 4 is 16.9 Å². The predicted octanol–water partition coefficient (Wildman–Crippen LogP) is 4.55. The Morgan fingerprint density at radius 2 is 1.64 bits per heavy atom. The van der Waals surface area contributed by atoms with Crippen LogP contribution >= 0.6 is 0 Å². The number of hydrogen-bond acceptors (Lipinski definition) is 8. The molecule has 2 fully saturated rings. The molecule has 1 saturated carbocycles. The Hall–Kier alpha value is -5.07. The van der Waals surface area contributed by atoms with E-state index in [0.29, 0.717) is 43.5 Å². The van der Waals surface area contributed by atoms with Crippen molar-refractivity contribution in [3.8, 4) is 16.8 Å². The van der Waals surface area contributed by atoms with Crippen LogP contribution in [0.1, 0.15) is 67.3 Å². The minimum Gasteiger partial charge on any atom is -0.348 e. The summed E-state index contributed by atoms with van der Waals surface area (Å²) in [5.74, 6) is -0.971. The van der Waals surface area contributed by atoms with Gasteiger partial charge in [-0.3, -0.25) is 24.0 Å². The zero-order chi connectivity index (χ0) is 34.9. The van der Waals surface area contributed by atoms with E-state index in [1.54, 1.807) is 19.2 Å². The number of benzene rings is 2. The first kappa shape index (κ1) is 33.4. The molecule has 50 heavy (non-hydrogen) atoms. The number of rotatable bonds is 7. The first-order valence-electron chi connectivity index (χ1n) is 17.2. The molecule has 12 heteroatoms. The third kappa shape index (κ3) is 6.99. The molecule has 0 spiro atoms. The molecule has 1 amide bonds. The Morgan fingerprint density at radius 3 is 2.34 bits per heavy atom. The summed E-state index contributed by atoms with van der Waals surface area (Å²) in [6, 6.07) is 17.4. The molecule has 11 nitrogen and oxygen atoms in total. The Labute approximate surface area is 289 Å². The van der Waals surface area contributed by atoms with Gasteiger partial charge in [0.15, 0.2) is 5.65 Å². The lowest BCUT2D eigenvalue weighted by molar-refractivity contribution is 0.0916. The Kier molecular flexibility index (Phi) is 9.39. The minimum absolute atomic E-state index is 0.0317. The van der Waals surface area contributed by atoms with Crippen molar-refractivity contribution in [2.75, 3.05) is 13.1 Å². The molecular formula is C38H41FN8O3. The monoisotopic (exact) mass is 676 g/mol. The highest BCUT2D eigenvalue weighted by molar-refractivity contribution is 5.92. The van der Waals surface area contributed by atoms with Crippen molar-refractivity contribution in [3.05, 3.63) is 117 Å². The second-order valence-electron chi connectivity index (χ2n) is 13.7. The van der Waals surface area contributed by atoms with Gasteiger partial charge < -0.3 is 10.6 Å². The summed E-state index contributed by atoms with van der Waals surface area (Å²) in [5, 5.41) is 6.61. The van der Waals surface area contributed by atoms with Crippen LogP contribution in [0.25, 0.3) is 27.8 Å². The van der Waals surface area contributed by atoms with E-state index in [-0.39, 0.29) is 28.7 Å². The van der Waals surface area contributed by atoms with Crippen molar-refractivity contribution in [3.63, 3.8) is 0 Å². The van der Waals surface area contributed by atoms with E-state index in [2.05, 4.69) is 68.6 Å². The molecule has 3 aromatic heterocycles. The van der Waals surface area contributed by atoms with Gasteiger partial charge >= 0.3 is 5.69 Å². The molecule has 1 aliphatic carbocycles. The minimum atomic E-state index is -0.657. The fourth-order valence-electron chi connectivity index (χ4n) is 7.44. The van der Waals surface area contributed by atoms with Crippen molar-refractivity contribution in [1.29, 1.82) is 0 Å². The van der Waals surface area contributed by atoms with Crippen LogP contribution in [0.5, 0.6) is 0 Å². The number of aryl methyl sites for hydroxylation is 1. The maximum atomic E-state index is 14.5. The third-order valence-electron chi connectivity index (χ3n) is 9.73. The smallest absolute Gasteiger partial charge is 0.337 e. The zero-order valence-electron chi connectivity index (χ0n) is 28.5. The van der Waals surface area contributed by atoms with Crippen molar-refractivity contribution in [2.24, 2.45) is 0 Å². The van der Waals surface area contributed by atoms with Gasteiger partial charge in [-0.1, -0.05) is 36.4 Å². The summed E-state index contributed by atoms with van der Waals surface area (Å²) >= 11 is 0. The summed E-state index contributed by atoms with van der Waals surface area (Å²) in [4.78, 5) is 55.8. The normalized spacial score (nSPS) is 21.3. The zero-order valence-corrected chi connectivity index (χ0v) is 28.5. The van der Waals surface area contributed by atoms with Crippen LogP contribution in [0, 0.1) is 12.7 Å². The van der Waals surface area contributed by atoms with Gasteiger partial charge in [-0.25, -0.2) is 23.7 Å². The number of aromatic nitrogens is 5. The number of piperazine rings is 1. The largest absolute Gasteiger partial charge is 0.348 e. The van der Waals surface area contributed by atoms with Crippen LogP contribution in [0.15, 0.2) is 82.8 Å². The van der Waals surface area contributed by atoms with E-state index >= 15 is 0 Å². The van der Waals surface area contributed by atoms with Crippen molar-refractivity contribution in [2.45, 2.75) is 77.2 Å². The predicted molar refractivity (Wildman–Crippen MR) is 190 cm³/mol. The van der Waals surface area contributed by atoms with Crippen LogP contribution in [0.4, 0.5) is 4.39 Å². The quantitative estimate of drug-likeness (QED) is 0.257. The number of pyridine rings is 1. The molecule has 2 aromatic carbocycles. The highest BCUT2D eigenvalue weighted by atomic mass is 19.1. The van der Waals surface area contributed by atoms with E-state index in [1.807, 2.05) is 18.2 Å². The number of nitrogens with one attached hydrogen (secondary N) is 2. The Bertz CT molecular complexity index is 2130. The molecule has 1 saturated heterocycles. The first-order chi connectivity index (χ1) is 24.1. The Morgan fingerprint density at radius 1 is 0.900 bits per heavy atom. The molecule has 0 unspecified atom stereocenters. The Balaban J connectivity index is 1.15. The molecule has 4 heterocycles. The van der Waals surface area contributed by atoms with Crippen LogP contribution < -0.4 is 21.9 Å². The fourth-order valence-corrected chi connectivity index (χ4v) is 7.44. The van der Waals surface area contributed by atoms with Crippen LogP contribution in [0.3, 0.4) is 0 Å². The van der Waals surface area contributed by atoms with E-state index < -0.39 is 23.1 Å². The van der Waals surface area contributed by atoms with E-state index in [4.69, 9.17) is 0 Å². The maximum Gasteiger partial charge on any atom is 0.337 e. The van der Waals surface area contributed by atoms with E-state index in [0.717, 1.165) is 48.7 Å². The van der Waals surface area contributed by atoms with Gasteiger partial charge in [0.1, 0.15) is 11.5 Å². The SMILES string of the molecule is Cc1cnc(C(=O)N[C@H]2CC[C@@H](n3c(=O)c4cc(F)cnc4n(-c4cccc(-c5ccc(CN6C[C@@H](C)N[C@@H](C)C6)cc5)c4)c3=O)CC2)cn1. The second kappa shape index (κ2) is 14.0. The van der Waals surface area contributed by atoms with E-state index in [9.17, 15) is 18.8 Å². The van der Waals surface area contributed by atoms with Gasteiger partial charge in [-0.05, 0) is 81.3 Å². The molecule has 2 N–H and O–H groups in total. The molecular weight excluding hydrogens is 635 g/mol. The molecule has 0 bridgehead atoms. The van der Waals surface area contributed by atoms with Crippen LogP contribution in [0.2, 0.25) is 0 Å². The lowest BCUT2D eigenvalue weighted by Gasteiger charge is -2.36. The van der Waals surface area contributed by atoms with Crippen LogP contribution in [-0.2, 0) is 6.54 Å². The molecule has 2 atom stereocenters. The van der Waals surface area contributed by atoms with Gasteiger partial charge in [-0.2, -0.15) is 0 Å². The van der Waals surface area contributed by atoms with Gasteiger partial charge in [-0.15, -0.1) is 0 Å². The molecule has 7 rings (SSSR count). The standard InChI is InChI=1S/C38H41FN8O3/c1-23-17-41-34(19-40-23)36(48)44-30-11-13-31(14-12-30)47-37(49)33-16-29(39)18-42-35(33)46(38(47)50)32-6-4-5-28(15-32)27-9-7-26(8-10-27)22-45-20-24(2)43-25(3)21-45/h4-10,15-19,24-25,30-31,43H,11-14,20-22H2,1-3H3,(H,44,48)/t24-,25+,30-,31+. The number of carbonyl (C=O) groups is 1. The molecule has 0 radical (unpaired) electrons. The number of hydrogen-bond donors (Lipinski definition) is 2. The van der Waals surface area contributed by atoms with Gasteiger partial charge in [0.2, 0.25) is 0 Å². The lowest BCUT2D eigenvalue weighted by Crippen LogP contribution is -2.53. The summed E-state index contributed by atoms with van der Waals surface area (Å²) in [7, 11) is 0. The van der Waals surface area contributed by atoms with Gasteiger partial charge in [0.05, 0.1) is 29.2 Å². The second-order valence-corrected chi connectivity index (χ2v) is 13.7. The fraction of sp³-hybridized carbons (Fsp3) is 0.368. The van der Waals surface area contributed by atoms with Gasteiger partial charge in [0.25, 0.3) is 11.5 Å². The number of nitrogens with zero attached hydrogens (tertiary/aromatic N) is 6. The highest BCUT2D eigenvalue weighted by Gasteiger charge is 2.28. The van der Waals surface area contributed by atoms with Crippen molar-refractivity contribution in [1.82, 2.24) is 39.6 Å². The average Bonchev–Trinajstić information content (AvgIpc) is 3.10. The summed E-state index contributed by atoms with van der Waals surface area (Å²) in [6.45, 7) is 9.09. The van der Waals surface area contributed by atoms with Gasteiger partial charge in [0, 0.05) is 50.0 Å². The third-order valence-corrected chi connectivity index (χ3v) is 9.73. The summed E-state index contributed by atoms with van der Waals surface area (Å²) in [6.07, 6.45) is 6.08. The molecule has 258 valence electrons. The summed E-state index contributed by atoms with van der Waals surface area (Å²) < 4.78 is 17.2. The summed E-state index contributed by atoms with van der Waals surface area (Å²) in [5.41, 5.74) is 3.58. The topological polar surface area (TPSA) is 127 Å². The lowest BCUT2D eigenvalue weighted by atomic mass is 9.90. The molecule has 1 aliphatic heterocycles. The first-order valence-corrected chi connectivity index (χ1v) is 17.2. The average molecular weight is 677 g/mol. The molecule has 2 aliphatic rings. The number of halogens is 1. The van der Waals surface area contributed by atoms with Crippen LogP contribution in [-0.4, -0.2) is 66.1 Å². The highest BCUT2D eigenvalue weighted by Crippen LogP contribution is 2.29. The molecule has 5 aromatic rings. The number of amides is 1.